The Hall–Kier alpha value is -2.81. The highest BCUT2D eigenvalue weighted by atomic mass is 15.1. The molecular weight excluding hydrogens is 402 g/mol. The van der Waals surface area contributed by atoms with Crippen molar-refractivity contribution >= 4 is 27.6 Å². The monoisotopic (exact) mass is 441 g/mol. The standard InChI is InChI=1S/C30H39N3/c1-7-16-32(17-8-2)27-18-21(6)31-30-28(27)25-14-12-13-15-26(25)33(30)29-23(10-4)19-22(9-3)20-24(29)11-5/h12-15,18-20H,7-11,16-17H2,1-6H3. The molecule has 2 heterocycles. The lowest BCUT2D eigenvalue weighted by Gasteiger charge is -2.25. The minimum atomic E-state index is 1.01. The molecule has 0 aliphatic carbocycles. The Morgan fingerprint density at radius 3 is 2.03 bits per heavy atom. The molecule has 0 radical (unpaired) electrons. The highest BCUT2D eigenvalue weighted by Gasteiger charge is 2.22. The van der Waals surface area contributed by atoms with Crippen LogP contribution in [0.15, 0.2) is 42.5 Å². The summed E-state index contributed by atoms with van der Waals surface area (Å²) in [6, 6.07) is 16.0. The zero-order valence-corrected chi connectivity index (χ0v) is 21.3. The third kappa shape index (κ3) is 4.14. The number of rotatable bonds is 9. The molecule has 3 heteroatoms. The van der Waals surface area contributed by atoms with Crippen molar-refractivity contribution in [1.29, 1.82) is 0 Å². The van der Waals surface area contributed by atoms with E-state index in [9.17, 15) is 0 Å². The average molecular weight is 442 g/mol. The van der Waals surface area contributed by atoms with Gasteiger partial charge < -0.3 is 4.90 Å². The molecule has 0 atom stereocenters. The van der Waals surface area contributed by atoms with Crippen molar-refractivity contribution in [2.45, 2.75) is 73.6 Å². The summed E-state index contributed by atoms with van der Waals surface area (Å²) in [6.07, 6.45) is 5.37. The second-order valence-corrected chi connectivity index (χ2v) is 9.14. The molecule has 33 heavy (non-hydrogen) atoms. The molecule has 0 aliphatic heterocycles. The number of hydrogen-bond acceptors (Lipinski definition) is 2. The fourth-order valence-corrected chi connectivity index (χ4v) is 5.29. The average Bonchev–Trinajstić information content (AvgIpc) is 3.16. The highest BCUT2D eigenvalue weighted by molar-refractivity contribution is 6.14. The van der Waals surface area contributed by atoms with Crippen LogP contribution in [0.25, 0.3) is 27.6 Å². The summed E-state index contributed by atoms with van der Waals surface area (Å²) >= 11 is 0. The number of fused-ring (bicyclic) bond motifs is 3. The van der Waals surface area contributed by atoms with Gasteiger partial charge in [-0.3, -0.25) is 4.57 Å². The number of pyridine rings is 1. The van der Waals surface area contributed by atoms with Crippen LogP contribution in [0.4, 0.5) is 5.69 Å². The largest absolute Gasteiger partial charge is 0.371 e. The van der Waals surface area contributed by atoms with Crippen LogP contribution in [0.1, 0.15) is 69.8 Å². The molecule has 0 unspecified atom stereocenters. The van der Waals surface area contributed by atoms with Gasteiger partial charge in [-0.2, -0.15) is 0 Å². The van der Waals surface area contributed by atoms with Crippen LogP contribution in [0.3, 0.4) is 0 Å². The first-order chi connectivity index (χ1) is 16.1. The zero-order chi connectivity index (χ0) is 23.5. The molecule has 0 saturated carbocycles. The van der Waals surface area contributed by atoms with Gasteiger partial charge in [0.2, 0.25) is 0 Å². The van der Waals surface area contributed by atoms with E-state index in [-0.39, 0.29) is 0 Å². The van der Waals surface area contributed by atoms with E-state index >= 15 is 0 Å². The number of aromatic nitrogens is 2. The summed E-state index contributed by atoms with van der Waals surface area (Å²) in [5.41, 5.74) is 10.4. The Morgan fingerprint density at radius 1 is 0.818 bits per heavy atom. The number of aryl methyl sites for hydroxylation is 4. The molecule has 3 nitrogen and oxygen atoms in total. The second-order valence-electron chi connectivity index (χ2n) is 9.14. The summed E-state index contributed by atoms with van der Waals surface area (Å²) in [5.74, 6) is 0. The lowest BCUT2D eigenvalue weighted by atomic mass is 9.97. The molecule has 4 aromatic rings. The van der Waals surface area contributed by atoms with Gasteiger partial charge in [0.05, 0.1) is 22.3 Å². The third-order valence-electron chi connectivity index (χ3n) is 6.78. The number of para-hydroxylation sites is 1. The van der Waals surface area contributed by atoms with Gasteiger partial charge in [0, 0.05) is 24.2 Å². The number of benzene rings is 2. The lowest BCUT2D eigenvalue weighted by molar-refractivity contribution is 0.746. The Bertz CT molecular complexity index is 1230. The molecule has 2 aromatic heterocycles. The summed E-state index contributed by atoms with van der Waals surface area (Å²) in [6.45, 7) is 15.6. The smallest absolute Gasteiger partial charge is 0.147 e. The van der Waals surface area contributed by atoms with Crippen LogP contribution in [-0.2, 0) is 19.3 Å². The minimum absolute atomic E-state index is 1.01. The van der Waals surface area contributed by atoms with Crippen molar-refractivity contribution in [1.82, 2.24) is 9.55 Å². The number of hydrogen-bond donors (Lipinski definition) is 0. The van der Waals surface area contributed by atoms with Crippen LogP contribution < -0.4 is 4.90 Å². The van der Waals surface area contributed by atoms with Gasteiger partial charge >= 0.3 is 0 Å². The fourth-order valence-electron chi connectivity index (χ4n) is 5.29. The maximum Gasteiger partial charge on any atom is 0.147 e. The van der Waals surface area contributed by atoms with Gasteiger partial charge in [0.25, 0.3) is 0 Å². The van der Waals surface area contributed by atoms with E-state index in [0.717, 1.165) is 56.5 Å². The summed E-state index contributed by atoms with van der Waals surface area (Å²) in [5, 5.41) is 2.60. The molecule has 174 valence electrons. The molecule has 0 N–H and O–H groups in total. The van der Waals surface area contributed by atoms with E-state index < -0.39 is 0 Å². The van der Waals surface area contributed by atoms with Crippen molar-refractivity contribution in [2.75, 3.05) is 18.0 Å². The van der Waals surface area contributed by atoms with Crippen molar-refractivity contribution in [2.24, 2.45) is 0 Å². The summed E-state index contributed by atoms with van der Waals surface area (Å²) < 4.78 is 2.47. The zero-order valence-electron chi connectivity index (χ0n) is 21.3. The molecule has 2 aromatic carbocycles. The molecule has 4 rings (SSSR count). The van der Waals surface area contributed by atoms with E-state index in [4.69, 9.17) is 4.98 Å². The van der Waals surface area contributed by atoms with Gasteiger partial charge in [0.1, 0.15) is 5.65 Å². The Balaban J connectivity index is 2.16. The van der Waals surface area contributed by atoms with Gasteiger partial charge in [-0.25, -0.2) is 4.98 Å². The van der Waals surface area contributed by atoms with Crippen molar-refractivity contribution in [3.8, 4) is 5.69 Å². The molecule has 0 saturated heterocycles. The van der Waals surface area contributed by atoms with E-state index in [0.29, 0.717) is 0 Å². The van der Waals surface area contributed by atoms with Crippen molar-refractivity contribution in [3.63, 3.8) is 0 Å². The highest BCUT2D eigenvalue weighted by Crippen LogP contribution is 2.39. The SMILES string of the molecule is CCCN(CCC)c1cc(C)nc2c1c1ccccc1n2-c1c(CC)cc(CC)cc1CC. The van der Waals surface area contributed by atoms with Crippen LogP contribution in [0.2, 0.25) is 0 Å². The lowest BCUT2D eigenvalue weighted by Crippen LogP contribution is -2.25. The quantitative estimate of drug-likeness (QED) is 0.264. The molecular formula is C30H39N3. The van der Waals surface area contributed by atoms with Gasteiger partial charge in [-0.05, 0) is 67.9 Å². The Labute approximate surface area is 199 Å². The Morgan fingerprint density at radius 2 is 1.45 bits per heavy atom. The number of anilines is 1. The molecule has 0 spiro atoms. The Kier molecular flexibility index (Phi) is 7.07. The molecule has 0 fully saturated rings. The second kappa shape index (κ2) is 9.99. The first kappa shape index (κ1) is 23.4. The van der Waals surface area contributed by atoms with Gasteiger partial charge in [-0.15, -0.1) is 0 Å². The summed E-state index contributed by atoms with van der Waals surface area (Å²) in [7, 11) is 0. The summed E-state index contributed by atoms with van der Waals surface area (Å²) in [4.78, 5) is 7.75. The fraction of sp³-hybridized carbons (Fsp3) is 0.433. The predicted octanol–water partition coefficient (Wildman–Crippen LogP) is 7.80. The molecule has 0 bridgehead atoms. The third-order valence-corrected chi connectivity index (χ3v) is 6.78. The van der Waals surface area contributed by atoms with Crippen LogP contribution in [0.5, 0.6) is 0 Å². The van der Waals surface area contributed by atoms with Crippen molar-refractivity contribution in [3.05, 3.63) is 64.8 Å². The maximum atomic E-state index is 5.18. The van der Waals surface area contributed by atoms with Crippen LogP contribution in [0, 0.1) is 6.92 Å². The molecule has 0 amide bonds. The van der Waals surface area contributed by atoms with Crippen molar-refractivity contribution < 1.29 is 0 Å². The minimum Gasteiger partial charge on any atom is -0.371 e. The first-order valence-electron chi connectivity index (χ1n) is 12.9. The maximum absolute atomic E-state index is 5.18. The van der Waals surface area contributed by atoms with E-state index in [2.05, 4.69) is 93.5 Å². The van der Waals surface area contributed by atoms with Gasteiger partial charge in [0.15, 0.2) is 0 Å². The normalized spacial score (nSPS) is 11.6. The predicted molar refractivity (Wildman–Crippen MR) is 144 cm³/mol. The van der Waals surface area contributed by atoms with E-state index in [1.165, 1.54) is 44.4 Å². The number of nitrogens with zero attached hydrogens (tertiary/aromatic N) is 3. The van der Waals surface area contributed by atoms with Crippen LogP contribution >= 0.6 is 0 Å². The van der Waals surface area contributed by atoms with Crippen LogP contribution in [-0.4, -0.2) is 22.6 Å². The van der Waals surface area contributed by atoms with E-state index in [1.54, 1.807) is 0 Å². The first-order valence-corrected chi connectivity index (χ1v) is 12.9. The van der Waals surface area contributed by atoms with Gasteiger partial charge in [-0.1, -0.05) is 65.0 Å². The topological polar surface area (TPSA) is 21.1 Å². The van der Waals surface area contributed by atoms with E-state index in [1.807, 2.05) is 0 Å². The molecule has 0 aliphatic rings.